The summed E-state index contributed by atoms with van der Waals surface area (Å²) in [5, 5.41) is 0. The maximum atomic E-state index is 17.1. The van der Waals surface area contributed by atoms with Crippen molar-refractivity contribution in [3.05, 3.63) is 91.0 Å². The molecule has 0 heterocycles. The zero-order valence-electron chi connectivity index (χ0n) is 12.7. The van der Waals surface area contributed by atoms with Crippen LogP contribution in [0.5, 0.6) is 0 Å². The van der Waals surface area contributed by atoms with Crippen molar-refractivity contribution in [3.63, 3.8) is 0 Å². The topological polar surface area (TPSA) is 9.23 Å². The van der Waals surface area contributed by atoms with Crippen molar-refractivity contribution in [2.24, 2.45) is 0 Å². The Bertz CT molecular complexity index is 712. The van der Waals surface area contributed by atoms with Gasteiger partial charge in [0.2, 0.25) is 0 Å². The minimum absolute atomic E-state index is 0.0470. The summed E-state index contributed by atoms with van der Waals surface area (Å²) >= 11 is -7.44. The van der Waals surface area contributed by atoms with E-state index in [0.717, 1.165) is 7.11 Å². The summed E-state index contributed by atoms with van der Waals surface area (Å²) in [5.41, 5.74) is 0. The number of hydrogen-bond acceptors (Lipinski definition) is 1. The van der Waals surface area contributed by atoms with Crippen molar-refractivity contribution >= 4 is 27.8 Å². The van der Waals surface area contributed by atoms with Crippen molar-refractivity contribution < 1.29 is 8.89 Å². The van der Waals surface area contributed by atoms with E-state index in [9.17, 15) is 0 Å². The standard InChI is InChI=1S/C19H18F2OTe/c1-22-23(20,21,17-11-5-2-6-12-17,18-13-7-3-8-14-18)19-15-9-4-10-16-19/h2-16H,1H3. The van der Waals surface area contributed by atoms with Gasteiger partial charge in [-0.05, 0) is 0 Å². The van der Waals surface area contributed by atoms with E-state index in [0.29, 0.717) is 0 Å². The Morgan fingerprint density at radius 1 is 0.565 bits per heavy atom. The predicted molar refractivity (Wildman–Crippen MR) is 93.2 cm³/mol. The van der Waals surface area contributed by atoms with Gasteiger partial charge in [0.1, 0.15) is 0 Å². The summed E-state index contributed by atoms with van der Waals surface area (Å²) in [7, 11) is 1.12. The molecule has 0 spiro atoms. The average molecular weight is 428 g/mol. The molecule has 0 fully saturated rings. The fourth-order valence-corrected chi connectivity index (χ4v) is 13.2. The molecular weight excluding hydrogens is 410 g/mol. The van der Waals surface area contributed by atoms with Crippen LogP contribution < -0.4 is 10.8 Å². The average Bonchev–Trinajstić information content (AvgIpc) is 2.65. The Kier molecular flexibility index (Phi) is 3.61. The molecule has 3 aromatic carbocycles. The molecular formula is C19H18F2OTe. The first-order chi connectivity index (χ1) is 11.0. The van der Waals surface area contributed by atoms with Crippen LogP contribution >= 0.6 is 0 Å². The molecule has 0 unspecified atom stereocenters. The number of halogens is 2. The molecule has 120 valence electrons. The molecule has 0 amide bonds. The van der Waals surface area contributed by atoms with Gasteiger partial charge in [-0.25, -0.2) is 0 Å². The fraction of sp³-hybridized carbons (Fsp3) is 0.0526. The quantitative estimate of drug-likeness (QED) is 0.581. The van der Waals surface area contributed by atoms with Crippen molar-refractivity contribution in [3.8, 4) is 0 Å². The molecule has 4 heteroatoms. The van der Waals surface area contributed by atoms with E-state index in [4.69, 9.17) is 3.10 Å². The second-order valence-corrected chi connectivity index (χ2v) is 17.2. The van der Waals surface area contributed by atoms with Crippen molar-refractivity contribution in [1.29, 1.82) is 0 Å². The van der Waals surface area contributed by atoms with Crippen LogP contribution in [0.15, 0.2) is 91.0 Å². The third kappa shape index (κ3) is 2.06. The number of rotatable bonds is 4. The zero-order chi connectivity index (χ0) is 16.5. The Morgan fingerprint density at radius 3 is 1.04 bits per heavy atom. The molecule has 0 N–H and O–H groups in total. The Hall–Kier alpha value is -1.73. The second kappa shape index (κ2) is 5.14. The van der Waals surface area contributed by atoms with Crippen LogP contribution in [0.3, 0.4) is 0 Å². The molecule has 0 saturated heterocycles. The Morgan fingerprint density at radius 2 is 0.826 bits per heavy atom. The molecule has 1 nitrogen and oxygen atoms in total. The molecule has 0 atom stereocenters. The monoisotopic (exact) mass is 430 g/mol. The first kappa shape index (κ1) is 16.1. The van der Waals surface area contributed by atoms with Gasteiger partial charge < -0.3 is 0 Å². The van der Waals surface area contributed by atoms with Crippen LogP contribution in [0.4, 0.5) is 5.78 Å². The Balaban J connectivity index is 2.54. The summed E-state index contributed by atoms with van der Waals surface area (Å²) in [4.78, 5) is 0. The van der Waals surface area contributed by atoms with Crippen molar-refractivity contribution in [2.45, 2.75) is 0 Å². The molecule has 0 aliphatic carbocycles. The van der Waals surface area contributed by atoms with E-state index in [1.807, 2.05) is 0 Å². The van der Waals surface area contributed by atoms with E-state index in [1.54, 1.807) is 54.6 Å². The van der Waals surface area contributed by atoms with Crippen LogP contribution in [0.2, 0.25) is 0 Å². The van der Waals surface area contributed by atoms with Gasteiger partial charge in [-0.3, -0.25) is 0 Å². The van der Waals surface area contributed by atoms with Gasteiger partial charge in [0.15, 0.2) is 0 Å². The third-order valence-corrected chi connectivity index (χ3v) is 17.3. The molecule has 0 saturated carbocycles. The van der Waals surface area contributed by atoms with Crippen molar-refractivity contribution in [1.82, 2.24) is 0 Å². The van der Waals surface area contributed by atoms with Crippen molar-refractivity contribution in [2.75, 3.05) is 7.11 Å². The summed E-state index contributed by atoms with van der Waals surface area (Å²) < 4.78 is 39.4. The normalized spacial score (nSPS) is 14.7. The van der Waals surface area contributed by atoms with E-state index in [1.165, 1.54) is 36.4 Å². The second-order valence-electron chi connectivity index (χ2n) is 5.31. The van der Waals surface area contributed by atoms with Gasteiger partial charge in [-0.15, -0.1) is 0 Å². The maximum absolute atomic E-state index is 17.1. The van der Waals surface area contributed by atoms with Gasteiger partial charge in [-0.1, -0.05) is 0 Å². The Labute approximate surface area is 134 Å². The molecule has 3 aromatic rings. The van der Waals surface area contributed by atoms with Gasteiger partial charge in [0, 0.05) is 0 Å². The van der Waals surface area contributed by atoms with Gasteiger partial charge in [-0.2, -0.15) is 0 Å². The molecule has 0 aliphatic heterocycles. The van der Waals surface area contributed by atoms with Crippen LogP contribution in [0, 0.1) is 0 Å². The summed E-state index contributed by atoms with van der Waals surface area (Å²) in [5.74, 6) is 0. The SMILES string of the molecule is CO[Te](F)(F)(c1ccccc1)(c1ccccc1)c1ccccc1. The molecule has 0 aromatic heterocycles. The molecule has 3 rings (SSSR count). The summed E-state index contributed by atoms with van der Waals surface area (Å²) in [6.45, 7) is 0. The van der Waals surface area contributed by atoms with Crippen LogP contribution in [-0.2, 0) is 3.10 Å². The summed E-state index contributed by atoms with van der Waals surface area (Å²) in [6, 6.07) is 23.8. The molecule has 23 heavy (non-hydrogen) atoms. The molecule has 0 radical (unpaired) electrons. The van der Waals surface area contributed by atoms with E-state index < -0.39 is 17.0 Å². The van der Waals surface area contributed by atoms with Crippen LogP contribution in [0.1, 0.15) is 0 Å². The minimum atomic E-state index is -7.44. The van der Waals surface area contributed by atoms with Gasteiger partial charge in [0.05, 0.1) is 0 Å². The van der Waals surface area contributed by atoms with Crippen LogP contribution in [-0.4, -0.2) is 24.1 Å². The van der Waals surface area contributed by atoms with Crippen LogP contribution in [0.25, 0.3) is 0 Å². The molecule has 0 aliphatic rings. The van der Waals surface area contributed by atoms with E-state index in [2.05, 4.69) is 0 Å². The first-order valence-electron chi connectivity index (χ1n) is 7.23. The predicted octanol–water partition coefficient (Wildman–Crippen LogP) is 3.14. The first-order valence-corrected chi connectivity index (χ1v) is 13.4. The summed E-state index contributed by atoms with van der Waals surface area (Å²) in [6.07, 6.45) is 0. The third-order valence-electron chi connectivity index (χ3n) is 4.14. The fourth-order valence-electron chi connectivity index (χ4n) is 2.84. The van der Waals surface area contributed by atoms with Gasteiger partial charge >= 0.3 is 135 Å². The zero-order valence-corrected chi connectivity index (χ0v) is 15.1. The van der Waals surface area contributed by atoms with E-state index in [-0.39, 0.29) is 10.8 Å². The van der Waals surface area contributed by atoms with E-state index >= 15 is 5.78 Å². The number of benzene rings is 3. The van der Waals surface area contributed by atoms with Gasteiger partial charge in [0.25, 0.3) is 0 Å². The number of hydrogen-bond donors (Lipinski definition) is 0. The molecule has 0 bridgehead atoms.